The fraction of sp³-hybridized carbons (Fsp3) is 0.429. The highest BCUT2D eigenvalue weighted by atomic mass is 35.5. The third-order valence-corrected chi connectivity index (χ3v) is 6.37. The number of rotatable bonds is 1. The molecule has 1 amide bonds. The zero-order chi connectivity index (χ0) is 17.7. The van der Waals surface area contributed by atoms with E-state index in [2.05, 4.69) is 28.0 Å². The Balaban J connectivity index is 1.58. The number of pyridine rings is 1. The number of aromatic nitrogens is 1. The predicted octanol–water partition coefficient (Wildman–Crippen LogP) is 3.23. The summed E-state index contributed by atoms with van der Waals surface area (Å²) in [5, 5.41) is 0.799. The third-order valence-electron chi connectivity index (χ3n) is 6.14. The molecule has 1 aliphatic carbocycles. The lowest BCUT2D eigenvalue weighted by Gasteiger charge is -2.42. The second kappa shape index (κ2) is 6.36. The summed E-state index contributed by atoms with van der Waals surface area (Å²) in [5.41, 5.74) is 5.15. The van der Waals surface area contributed by atoms with Crippen LogP contribution in [0, 0.1) is 0 Å². The van der Waals surface area contributed by atoms with Crippen molar-refractivity contribution in [3.05, 3.63) is 63.9 Å². The molecule has 3 heterocycles. The van der Waals surface area contributed by atoms with Crippen LogP contribution in [0.2, 0.25) is 5.02 Å². The summed E-state index contributed by atoms with van der Waals surface area (Å²) in [6.45, 7) is 2.64. The first-order valence-corrected chi connectivity index (χ1v) is 9.84. The lowest BCUT2D eigenvalue weighted by Crippen LogP contribution is -2.52. The molecular weight excluding hydrogens is 346 g/mol. The number of benzene rings is 1. The van der Waals surface area contributed by atoms with Gasteiger partial charge in [-0.15, -0.1) is 0 Å². The Bertz CT molecular complexity index is 868. The molecule has 0 bridgehead atoms. The molecule has 134 valence electrons. The van der Waals surface area contributed by atoms with Crippen molar-refractivity contribution in [1.82, 2.24) is 14.8 Å². The second-order valence-electron chi connectivity index (χ2n) is 7.57. The summed E-state index contributed by atoms with van der Waals surface area (Å²) in [4.78, 5) is 21.5. The molecule has 0 radical (unpaired) electrons. The van der Waals surface area contributed by atoms with E-state index >= 15 is 0 Å². The van der Waals surface area contributed by atoms with Gasteiger partial charge in [0.25, 0.3) is 0 Å². The Hall–Kier alpha value is -1.91. The molecule has 2 fully saturated rings. The maximum Gasteiger partial charge on any atom is 0.222 e. The van der Waals surface area contributed by atoms with Crippen molar-refractivity contribution in [2.24, 2.45) is 0 Å². The minimum Gasteiger partial charge on any atom is -0.337 e. The van der Waals surface area contributed by atoms with Crippen LogP contribution in [0.15, 0.2) is 36.5 Å². The minimum absolute atomic E-state index is 0.152. The summed E-state index contributed by atoms with van der Waals surface area (Å²) >= 11 is 6.29. The van der Waals surface area contributed by atoms with Gasteiger partial charge >= 0.3 is 0 Å². The van der Waals surface area contributed by atoms with Crippen molar-refractivity contribution < 1.29 is 4.79 Å². The molecule has 2 unspecified atom stereocenters. The molecule has 2 atom stereocenters. The van der Waals surface area contributed by atoms with Crippen molar-refractivity contribution in [1.29, 1.82) is 0 Å². The normalized spacial score (nSPS) is 25.4. The van der Waals surface area contributed by atoms with Crippen molar-refractivity contribution in [2.75, 3.05) is 19.6 Å². The first-order chi connectivity index (χ1) is 12.7. The Labute approximate surface area is 158 Å². The molecule has 0 N–H and O–H groups in total. The van der Waals surface area contributed by atoms with E-state index in [0.29, 0.717) is 18.4 Å². The molecule has 2 aliphatic heterocycles. The number of hydrogen-bond donors (Lipinski definition) is 0. The molecular formula is C21H22ClN3O. The maximum atomic E-state index is 12.1. The lowest BCUT2D eigenvalue weighted by molar-refractivity contribution is -0.130. The Morgan fingerprint density at radius 3 is 2.88 bits per heavy atom. The molecule has 1 aromatic heterocycles. The van der Waals surface area contributed by atoms with Gasteiger partial charge in [-0.25, -0.2) is 0 Å². The van der Waals surface area contributed by atoms with Crippen molar-refractivity contribution in [2.45, 2.75) is 37.8 Å². The van der Waals surface area contributed by atoms with Gasteiger partial charge < -0.3 is 4.90 Å². The number of amides is 1. The van der Waals surface area contributed by atoms with Crippen molar-refractivity contribution in [3.8, 4) is 0 Å². The van der Waals surface area contributed by atoms with E-state index in [1.54, 1.807) is 0 Å². The van der Waals surface area contributed by atoms with Gasteiger partial charge in [0.2, 0.25) is 5.91 Å². The van der Waals surface area contributed by atoms with Gasteiger partial charge in [-0.3, -0.25) is 14.7 Å². The van der Waals surface area contributed by atoms with Crippen molar-refractivity contribution >= 4 is 17.5 Å². The van der Waals surface area contributed by atoms with Gasteiger partial charge in [0, 0.05) is 43.3 Å². The number of carbonyl (C=O) groups is 1. The average Bonchev–Trinajstić information content (AvgIpc) is 2.94. The SMILES string of the molecule is O=C1CCC2CN(C3c4ccc(Cl)cc4CCc4cccnc43)CCN12. The maximum absolute atomic E-state index is 12.1. The van der Waals surface area contributed by atoms with E-state index in [9.17, 15) is 4.79 Å². The quantitative estimate of drug-likeness (QED) is 0.776. The van der Waals surface area contributed by atoms with Crippen LogP contribution in [0.1, 0.15) is 41.3 Å². The first kappa shape index (κ1) is 16.3. The van der Waals surface area contributed by atoms with Crippen LogP contribution in [0.4, 0.5) is 0 Å². The lowest BCUT2D eigenvalue weighted by atomic mass is 9.95. The summed E-state index contributed by atoms with van der Waals surface area (Å²) in [5.74, 6) is 0.321. The summed E-state index contributed by atoms with van der Waals surface area (Å²) in [6, 6.07) is 11.0. The van der Waals surface area contributed by atoms with E-state index in [-0.39, 0.29) is 6.04 Å². The fourth-order valence-electron chi connectivity index (χ4n) is 4.88. The van der Waals surface area contributed by atoms with Gasteiger partial charge in [0.15, 0.2) is 0 Å². The highest BCUT2D eigenvalue weighted by Crippen LogP contribution is 2.38. The zero-order valence-electron chi connectivity index (χ0n) is 14.7. The van der Waals surface area contributed by atoms with E-state index in [1.165, 1.54) is 22.4 Å². The van der Waals surface area contributed by atoms with E-state index in [1.807, 2.05) is 18.3 Å². The summed E-state index contributed by atoms with van der Waals surface area (Å²) in [7, 11) is 0. The number of piperazine rings is 1. The third kappa shape index (κ3) is 2.63. The predicted molar refractivity (Wildman–Crippen MR) is 101 cm³/mol. The average molecular weight is 368 g/mol. The van der Waals surface area contributed by atoms with Crippen LogP contribution in [-0.2, 0) is 17.6 Å². The topological polar surface area (TPSA) is 36.4 Å². The number of carbonyl (C=O) groups excluding carboxylic acids is 1. The molecule has 5 heteroatoms. The smallest absolute Gasteiger partial charge is 0.222 e. The van der Waals surface area contributed by atoms with Crippen LogP contribution in [0.3, 0.4) is 0 Å². The molecule has 4 nitrogen and oxygen atoms in total. The number of halogens is 1. The van der Waals surface area contributed by atoms with Crippen molar-refractivity contribution in [3.63, 3.8) is 0 Å². The van der Waals surface area contributed by atoms with Crippen LogP contribution in [-0.4, -0.2) is 46.4 Å². The molecule has 2 saturated heterocycles. The van der Waals surface area contributed by atoms with Gasteiger partial charge in [-0.1, -0.05) is 23.7 Å². The monoisotopic (exact) mass is 367 g/mol. The zero-order valence-corrected chi connectivity index (χ0v) is 15.5. The van der Waals surface area contributed by atoms with E-state index < -0.39 is 0 Å². The van der Waals surface area contributed by atoms with Gasteiger partial charge in [-0.2, -0.15) is 0 Å². The van der Waals surface area contributed by atoms with Crippen LogP contribution < -0.4 is 0 Å². The molecule has 0 spiro atoms. The Morgan fingerprint density at radius 1 is 1.08 bits per heavy atom. The van der Waals surface area contributed by atoms with E-state index in [4.69, 9.17) is 16.6 Å². The summed E-state index contributed by atoms with van der Waals surface area (Å²) < 4.78 is 0. The van der Waals surface area contributed by atoms with Gasteiger partial charge in [0.1, 0.15) is 0 Å². The second-order valence-corrected chi connectivity index (χ2v) is 8.00. The number of hydrogen-bond acceptors (Lipinski definition) is 3. The van der Waals surface area contributed by atoms with Gasteiger partial charge in [-0.05, 0) is 54.2 Å². The van der Waals surface area contributed by atoms with E-state index in [0.717, 1.165) is 43.9 Å². The standard InChI is InChI=1S/C21H22ClN3O/c22-16-5-7-18-15(12-16)4-3-14-2-1-9-23-20(14)21(18)24-10-11-25-17(13-24)6-8-19(25)26/h1-2,5,7,9,12,17,21H,3-4,6,8,10-11,13H2. The summed E-state index contributed by atoms with van der Waals surface area (Å²) in [6.07, 6.45) is 5.57. The first-order valence-electron chi connectivity index (χ1n) is 9.46. The fourth-order valence-corrected chi connectivity index (χ4v) is 5.07. The largest absolute Gasteiger partial charge is 0.337 e. The van der Waals surface area contributed by atoms with Crippen LogP contribution in [0.5, 0.6) is 0 Å². The number of aryl methyl sites for hydroxylation is 2. The molecule has 2 aromatic rings. The highest BCUT2D eigenvalue weighted by molar-refractivity contribution is 6.30. The molecule has 26 heavy (non-hydrogen) atoms. The number of fused-ring (bicyclic) bond motifs is 3. The number of nitrogens with zero attached hydrogens (tertiary/aromatic N) is 3. The Kier molecular flexibility index (Phi) is 3.98. The highest BCUT2D eigenvalue weighted by Gasteiger charge is 2.39. The van der Waals surface area contributed by atoms with Crippen LogP contribution >= 0.6 is 11.6 Å². The molecule has 5 rings (SSSR count). The molecule has 0 saturated carbocycles. The van der Waals surface area contributed by atoms with Gasteiger partial charge in [0.05, 0.1) is 11.7 Å². The minimum atomic E-state index is 0.152. The molecule has 3 aliphatic rings. The van der Waals surface area contributed by atoms with Crippen LogP contribution in [0.25, 0.3) is 0 Å². The Morgan fingerprint density at radius 2 is 1.96 bits per heavy atom. The molecule has 1 aromatic carbocycles.